The minimum Gasteiger partial charge on any atom is -0.462 e. The zero-order chi connectivity index (χ0) is 21.8. The van der Waals surface area contributed by atoms with Gasteiger partial charge in [0.05, 0.1) is 17.9 Å². The molecule has 0 atom stereocenters. The minimum atomic E-state index is -0.431. The molecule has 7 nitrogen and oxygen atoms in total. The number of ether oxygens (including phenoxy) is 1. The number of hydrogen-bond donors (Lipinski definition) is 1. The zero-order valence-electron chi connectivity index (χ0n) is 17.5. The maximum Gasteiger partial charge on any atom is 0.341 e. The molecule has 0 bridgehead atoms. The molecule has 1 N–H and O–H groups in total. The molecule has 0 spiro atoms. The van der Waals surface area contributed by atoms with Crippen molar-refractivity contribution in [2.75, 3.05) is 17.7 Å². The Morgan fingerprint density at radius 2 is 2.00 bits per heavy atom. The summed E-state index contributed by atoms with van der Waals surface area (Å²) in [5.74, 6) is 0.321. The van der Waals surface area contributed by atoms with E-state index in [0.717, 1.165) is 16.3 Å². The molecule has 0 aliphatic heterocycles. The second kappa shape index (κ2) is 9.76. The van der Waals surface area contributed by atoms with Crippen LogP contribution in [0.5, 0.6) is 0 Å². The highest BCUT2D eigenvalue weighted by atomic mass is 32.2. The normalized spacial score (nSPS) is 11.1. The van der Waals surface area contributed by atoms with E-state index in [-0.39, 0.29) is 24.3 Å². The first-order chi connectivity index (χ1) is 14.3. The number of hydrogen-bond acceptors (Lipinski definition) is 8. The number of carbonyl (C=O) groups is 2. The highest BCUT2D eigenvalue weighted by molar-refractivity contribution is 7.99. The molecule has 0 aliphatic rings. The summed E-state index contributed by atoms with van der Waals surface area (Å²) in [5.41, 5.74) is 1.42. The van der Waals surface area contributed by atoms with Gasteiger partial charge in [0.2, 0.25) is 5.91 Å². The average Bonchev–Trinajstić information content (AvgIpc) is 3.38. The Morgan fingerprint density at radius 1 is 1.23 bits per heavy atom. The van der Waals surface area contributed by atoms with Crippen molar-refractivity contribution in [2.45, 2.75) is 45.8 Å². The van der Waals surface area contributed by atoms with E-state index in [1.54, 1.807) is 24.3 Å². The molecule has 3 heterocycles. The topological polar surface area (TPSA) is 86.1 Å². The number of nitrogens with zero attached hydrogens (tertiary/aromatic N) is 3. The molecule has 0 radical (unpaired) electrons. The van der Waals surface area contributed by atoms with Crippen LogP contribution >= 0.6 is 34.4 Å². The van der Waals surface area contributed by atoms with Crippen molar-refractivity contribution in [3.8, 4) is 11.4 Å². The first-order valence-corrected chi connectivity index (χ1v) is 12.2. The minimum absolute atomic E-state index is 0.149. The van der Waals surface area contributed by atoms with Crippen molar-refractivity contribution >= 4 is 51.3 Å². The molecule has 3 rings (SSSR count). The number of rotatable bonds is 8. The van der Waals surface area contributed by atoms with Crippen LogP contribution in [-0.2, 0) is 9.53 Å². The highest BCUT2D eigenvalue weighted by Crippen LogP contribution is 2.31. The maximum atomic E-state index is 12.6. The number of thiophene rings is 2. The van der Waals surface area contributed by atoms with E-state index in [1.165, 1.54) is 28.0 Å². The molecule has 0 aliphatic carbocycles. The largest absolute Gasteiger partial charge is 0.462 e. The summed E-state index contributed by atoms with van der Waals surface area (Å²) >= 11 is 4.35. The average molecular weight is 465 g/mol. The lowest BCUT2D eigenvalue weighted by Crippen LogP contribution is -2.16. The van der Waals surface area contributed by atoms with Crippen molar-refractivity contribution in [3.63, 3.8) is 0 Å². The molecule has 160 valence electrons. The summed E-state index contributed by atoms with van der Waals surface area (Å²) < 4.78 is 7.11. The van der Waals surface area contributed by atoms with Crippen LogP contribution in [0.2, 0.25) is 0 Å². The van der Waals surface area contributed by atoms with E-state index >= 15 is 0 Å². The Kier molecular flexibility index (Phi) is 7.32. The summed E-state index contributed by atoms with van der Waals surface area (Å²) in [6.45, 7) is 10.1. The van der Waals surface area contributed by atoms with E-state index in [0.29, 0.717) is 15.7 Å². The standard InChI is InChI=1S/C20H24N4O3S3/c1-6-27-19(26)15-8-13(5)30-18(15)21-16(25)10-29-20-23-22-17(24(20)11(2)3)14-7-12(4)28-9-14/h7-9,11H,6,10H2,1-5H3,(H,21,25). The number of thioether (sulfide) groups is 1. The number of aryl methyl sites for hydroxylation is 2. The van der Waals surface area contributed by atoms with E-state index in [2.05, 4.69) is 47.7 Å². The van der Waals surface area contributed by atoms with Crippen LogP contribution in [-0.4, -0.2) is 39.0 Å². The monoisotopic (exact) mass is 464 g/mol. The van der Waals surface area contributed by atoms with Crippen LogP contribution in [0.4, 0.5) is 5.00 Å². The third kappa shape index (κ3) is 5.11. The number of aromatic nitrogens is 3. The van der Waals surface area contributed by atoms with Crippen LogP contribution in [0, 0.1) is 13.8 Å². The molecule has 0 fully saturated rings. The van der Waals surface area contributed by atoms with Crippen molar-refractivity contribution in [3.05, 3.63) is 32.8 Å². The molecule has 0 saturated carbocycles. The van der Waals surface area contributed by atoms with Gasteiger partial charge in [0.15, 0.2) is 11.0 Å². The Hall–Kier alpha value is -2.17. The van der Waals surface area contributed by atoms with Gasteiger partial charge in [-0.2, -0.15) is 0 Å². The molecule has 0 aromatic carbocycles. The van der Waals surface area contributed by atoms with Crippen LogP contribution in [0.1, 0.15) is 46.9 Å². The van der Waals surface area contributed by atoms with Crippen LogP contribution in [0.3, 0.4) is 0 Å². The molecule has 3 aromatic heterocycles. The molecule has 3 aromatic rings. The molecule has 10 heteroatoms. The highest BCUT2D eigenvalue weighted by Gasteiger charge is 2.21. The Labute approximate surface area is 187 Å². The number of carbonyl (C=O) groups excluding carboxylic acids is 2. The molecule has 0 unspecified atom stereocenters. The van der Waals surface area contributed by atoms with Gasteiger partial charge in [-0.05, 0) is 46.8 Å². The van der Waals surface area contributed by atoms with Gasteiger partial charge >= 0.3 is 5.97 Å². The van der Waals surface area contributed by atoms with Gasteiger partial charge in [-0.25, -0.2) is 4.79 Å². The Balaban J connectivity index is 1.71. The second-order valence-electron chi connectivity index (χ2n) is 6.87. The van der Waals surface area contributed by atoms with Gasteiger partial charge in [0.25, 0.3) is 0 Å². The molecular formula is C20H24N4O3S3. The van der Waals surface area contributed by atoms with Gasteiger partial charge < -0.3 is 10.1 Å². The van der Waals surface area contributed by atoms with E-state index in [9.17, 15) is 9.59 Å². The van der Waals surface area contributed by atoms with Gasteiger partial charge in [-0.1, -0.05) is 11.8 Å². The molecule has 1 amide bonds. The van der Waals surface area contributed by atoms with Crippen LogP contribution in [0.15, 0.2) is 22.7 Å². The fraction of sp³-hybridized carbons (Fsp3) is 0.400. The summed E-state index contributed by atoms with van der Waals surface area (Å²) in [6.07, 6.45) is 0. The van der Waals surface area contributed by atoms with Crippen molar-refractivity contribution in [1.82, 2.24) is 14.8 Å². The van der Waals surface area contributed by atoms with Gasteiger partial charge in [-0.3, -0.25) is 9.36 Å². The number of nitrogens with one attached hydrogen (secondary N) is 1. The van der Waals surface area contributed by atoms with E-state index in [4.69, 9.17) is 4.74 Å². The third-order valence-corrected chi connectivity index (χ3v) is 6.88. The first-order valence-electron chi connectivity index (χ1n) is 9.50. The number of anilines is 1. The fourth-order valence-electron chi connectivity index (χ4n) is 2.86. The SMILES string of the molecule is CCOC(=O)c1cc(C)sc1NC(=O)CSc1nnc(-c2csc(C)c2)n1C(C)C. The lowest BCUT2D eigenvalue weighted by molar-refractivity contribution is -0.113. The predicted octanol–water partition coefficient (Wildman–Crippen LogP) is 5.17. The summed E-state index contributed by atoms with van der Waals surface area (Å²) in [7, 11) is 0. The molecular weight excluding hydrogens is 440 g/mol. The number of amides is 1. The summed E-state index contributed by atoms with van der Waals surface area (Å²) in [4.78, 5) is 26.8. The lowest BCUT2D eigenvalue weighted by Gasteiger charge is -2.13. The Bertz CT molecular complexity index is 1050. The lowest BCUT2D eigenvalue weighted by atomic mass is 10.3. The molecule has 30 heavy (non-hydrogen) atoms. The fourth-order valence-corrected chi connectivity index (χ4v) is 5.32. The Morgan fingerprint density at radius 3 is 2.63 bits per heavy atom. The van der Waals surface area contributed by atoms with Crippen LogP contribution < -0.4 is 5.32 Å². The summed E-state index contributed by atoms with van der Waals surface area (Å²) in [5, 5.41) is 14.8. The van der Waals surface area contributed by atoms with Crippen molar-refractivity contribution in [1.29, 1.82) is 0 Å². The van der Waals surface area contributed by atoms with Crippen molar-refractivity contribution < 1.29 is 14.3 Å². The second-order valence-corrected chi connectivity index (χ2v) is 10.2. The van der Waals surface area contributed by atoms with Crippen LogP contribution in [0.25, 0.3) is 11.4 Å². The summed E-state index contributed by atoms with van der Waals surface area (Å²) in [6, 6.07) is 3.97. The first kappa shape index (κ1) is 22.5. The van der Waals surface area contributed by atoms with Crippen molar-refractivity contribution in [2.24, 2.45) is 0 Å². The van der Waals surface area contributed by atoms with Gasteiger partial charge in [0, 0.05) is 26.7 Å². The van der Waals surface area contributed by atoms with Gasteiger partial charge in [0.1, 0.15) is 5.00 Å². The zero-order valence-corrected chi connectivity index (χ0v) is 20.0. The molecule has 0 saturated heterocycles. The van der Waals surface area contributed by atoms with E-state index < -0.39 is 5.97 Å². The number of esters is 1. The quantitative estimate of drug-likeness (QED) is 0.365. The smallest absolute Gasteiger partial charge is 0.341 e. The van der Waals surface area contributed by atoms with E-state index in [1.807, 2.05) is 11.5 Å². The maximum absolute atomic E-state index is 12.6. The third-order valence-electron chi connectivity index (χ3n) is 4.11. The van der Waals surface area contributed by atoms with Gasteiger partial charge in [-0.15, -0.1) is 32.9 Å². The predicted molar refractivity (Wildman–Crippen MR) is 123 cm³/mol.